The molecule has 0 saturated carbocycles. The van der Waals surface area contributed by atoms with Crippen molar-refractivity contribution in [1.82, 2.24) is 15.2 Å². The topological polar surface area (TPSA) is 92.8 Å². The van der Waals surface area contributed by atoms with Gasteiger partial charge in [-0.05, 0) is 19.8 Å². The summed E-state index contributed by atoms with van der Waals surface area (Å²) in [5.74, 6) is 0.430. The summed E-state index contributed by atoms with van der Waals surface area (Å²) in [5, 5.41) is 6.39. The van der Waals surface area contributed by atoms with E-state index in [1.807, 2.05) is 12.3 Å². The first-order valence-corrected chi connectivity index (χ1v) is 9.60. The van der Waals surface area contributed by atoms with E-state index in [2.05, 4.69) is 36.1 Å². The highest BCUT2D eigenvalue weighted by atomic mass is 32.1. The number of hydrogen-bond acceptors (Lipinski definition) is 5. The van der Waals surface area contributed by atoms with Gasteiger partial charge < -0.3 is 20.7 Å². The molecule has 1 aliphatic heterocycles. The van der Waals surface area contributed by atoms with Crippen LogP contribution in [0.4, 0.5) is 4.79 Å². The number of likely N-dealkylation sites (tertiary alicyclic amines) is 1. The second-order valence-corrected chi connectivity index (χ2v) is 8.06. The van der Waals surface area contributed by atoms with Gasteiger partial charge in [-0.15, -0.1) is 11.3 Å². The Morgan fingerprint density at radius 1 is 1.48 bits per heavy atom. The van der Waals surface area contributed by atoms with Crippen LogP contribution in [0.25, 0.3) is 0 Å². The standard InChI is InChI=1S/C17H29N5O2S/c1-5-24-16(23)22-8-6-12(7-9-22)21-15(18)19-10-13-11-25-14(20-13)17(2,3)4/h11-12H,5-10H2,1-4H3,(H3,18,19,21). The fraction of sp³-hybridized carbons (Fsp3) is 0.706. The third-order valence-electron chi connectivity index (χ3n) is 3.98. The van der Waals surface area contributed by atoms with Gasteiger partial charge >= 0.3 is 6.09 Å². The Labute approximate surface area is 153 Å². The number of guanidine groups is 1. The second-order valence-electron chi connectivity index (χ2n) is 7.20. The van der Waals surface area contributed by atoms with E-state index >= 15 is 0 Å². The van der Waals surface area contributed by atoms with Crippen LogP contribution in [-0.2, 0) is 16.7 Å². The molecule has 1 aromatic heterocycles. The summed E-state index contributed by atoms with van der Waals surface area (Å²) in [6.45, 7) is 10.5. The van der Waals surface area contributed by atoms with Gasteiger partial charge in [0.05, 0.1) is 23.9 Å². The first kappa shape index (κ1) is 19.5. The number of aliphatic imine (C=N–C) groups is 1. The molecule has 3 N–H and O–H groups in total. The number of ether oxygens (including phenoxy) is 1. The summed E-state index contributed by atoms with van der Waals surface area (Å²) < 4.78 is 5.02. The van der Waals surface area contributed by atoms with Crippen LogP contribution >= 0.6 is 11.3 Å². The van der Waals surface area contributed by atoms with Crippen LogP contribution in [0.2, 0.25) is 0 Å². The van der Waals surface area contributed by atoms with Gasteiger partial charge in [0.25, 0.3) is 0 Å². The molecule has 1 amide bonds. The molecule has 25 heavy (non-hydrogen) atoms. The van der Waals surface area contributed by atoms with Crippen molar-refractivity contribution in [3.8, 4) is 0 Å². The van der Waals surface area contributed by atoms with Crippen molar-refractivity contribution < 1.29 is 9.53 Å². The Morgan fingerprint density at radius 2 is 2.16 bits per heavy atom. The van der Waals surface area contributed by atoms with Gasteiger partial charge in [0.1, 0.15) is 0 Å². The van der Waals surface area contributed by atoms with E-state index < -0.39 is 0 Å². The summed E-state index contributed by atoms with van der Waals surface area (Å²) in [6, 6.07) is 0.231. The number of nitrogens with one attached hydrogen (secondary N) is 1. The van der Waals surface area contributed by atoms with Gasteiger partial charge in [-0.2, -0.15) is 0 Å². The molecule has 0 aliphatic carbocycles. The van der Waals surface area contributed by atoms with Crippen molar-refractivity contribution in [2.75, 3.05) is 19.7 Å². The molecule has 0 aromatic carbocycles. The first-order valence-electron chi connectivity index (χ1n) is 8.72. The van der Waals surface area contributed by atoms with E-state index in [1.165, 1.54) is 0 Å². The molecule has 2 heterocycles. The van der Waals surface area contributed by atoms with E-state index in [0.29, 0.717) is 32.2 Å². The van der Waals surface area contributed by atoms with Gasteiger partial charge in [0.15, 0.2) is 5.96 Å². The Kier molecular flexibility index (Phi) is 6.64. The smallest absolute Gasteiger partial charge is 0.409 e. The third kappa shape index (κ3) is 5.88. The maximum absolute atomic E-state index is 11.7. The number of hydrogen-bond donors (Lipinski definition) is 2. The van der Waals surface area contributed by atoms with Crippen LogP contribution in [0.1, 0.15) is 51.2 Å². The number of carbonyl (C=O) groups is 1. The van der Waals surface area contributed by atoms with Crippen LogP contribution < -0.4 is 11.1 Å². The molecule has 0 radical (unpaired) electrons. The predicted molar refractivity (Wildman–Crippen MR) is 101 cm³/mol. The lowest BCUT2D eigenvalue weighted by atomic mass is 9.98. The monoisotopic (exact) mass is 367 g/mol. The molecule has 1 saturated heterocycles. The summed E-state index contributed by atoms with van der Waals surface area (Å²) >= 11 is 1.66. The van der Waals surface area contributed by atoms with E-state index in [-0.39, 0.29) is 17.6 Å². The van der Waals surface area contributed by atoms with Gasteiger partial charge in [0.2, 0.25) is 0 Å². The highest BCUT2D eigenvalue weighted by molar-refractivity contribution is 7.09. The number of piperidine rings is 1. The van der Waals surface area contributed by atoms with Crippen molar-refractivity contribution in [2.45, 2.75) is 58.5 Å². The number of nitrogens with two attached hydrogens (primary N) is 1. The third-order valence-corrected chi connectivity index (χ3v) is 5.29. The van der Waals surface area contributed by atoms with Gasteiger partial charge in [-0.1, -0.05) is 20.8 Å². The Balaban J connectivity index is 1.78. The molecule has 8 heteroatoms. The highest BCUT2D eigenvalue weighted by Crippen LogP contribution is 2.25. The molecule has 2 rings (SSSR count). The minimum Gasteiger partial charge on any atom is -0.450 e. The lowest BCUT2D eigenvalue weighted by Crippen LogP contribution is -2.48. The number of nitrogens with zero attached hydrogens (tertiary/aromatic N) is 3. The van der Waals surface area contributed by atoms with E-state index in [4.69, 9.17) is 10.5 Å². The lowest BCUT2D eigenvalue weighted by Gasteiger charge is -2.31. The normalized spacial score (nSPS) is 16.8. The molecule has 1 fully saturated rings. The highest BCUT2D eigenvalue weighted by Gasteiger charge is 2.23. The number of carbonyl (C=O) groups excluding carboxylic acids is 1. The molecule has 1 aromatic rings. The fourth-order valence-electron chi connectivity index (χ4n) is 2.57. The zero-order chi connectivity index (χ0) is 18.4. The van der Waals surface area contributed by atoms with Crippen molar-refractivity contribution >= 4 is 23.4 Å². The number of amides is 1. The molecule has 140 valence electrons. The maximum Gasteiger partial charge on any atom is 0.409 e. The number of aromatic nitrogens is 1. The Bertz CT molecular complexity index is 600. The average Bonchev–Trinajstić information content (AvgIpc) is 3.03. The van der Waals surface area contributed by atoms with E-state index in [0.717, 1.165) is 23.5 Å². The summed E-state index contributed by atoms with van der Waals surface area (Å²) in [5.41, 5.74) is 7.00. The zero-order valence-electron chi connectivity index (χ0n) is 15.5. The predicted octanol–water partition coefficient (Wildman–Crippen LogP) is 2.47. The van der Waals surface area contributed by atoms with Gasteiger partial charge in [-0.3, -0.25) is 0 Å². The molecule has 7 nitrogen and oxygen atoms in total. The molecule has 0 bridgehead atoms. The van der Waals surface area contributed by atoms with Crippen molar-refractivity contribution in [1.29, 1.82) is 0 Å². The molecule has 0 atom stereocenters. The summed E-state index contributed by atoms with van der Waals surface area (Å²) in [6.07, 6.45) is 1.43. The van der Waals surface area contributed by atoms with Crippen molar-refractivity contribution in [3.05, 3.63) is 16.1 Å². The van der Waals surface area contributed by atoms with Gasteiger partial charge in [0, 0.05) is 29.9 Å². The summed E-state index contributed by atoms with van der Waals surface area (Å²) in [4.78, 5) is 22.4. The number of thiazole rings is 1. The minimum atomic E-state index is -0.235. The second kappa shape index (κ2) is 8.51. The van der Waals surface area contributed by atoms with Crippen LogP contribution in [0.15, 0.2) is 10.4 Å². The van der Waals surface area contributed by atoms with Gasteiger partial charge in [-0.25, -0.2) is 14.8 Å². The molecular formula is C17H29N5O2S. The van der Waals surface area contributed by atoms with Crippen LogP contribution in [-0.4, -0.2) is 47.7 Å². The average molecular weight is 368 g/mol. The van der Waals surface area contributed by atoms with Crippen LogP contribution in [0, 0.1) is 0 Å². The number of rotatable bonds is 4. The maximum atomic E-state index is 11.7. The zero-order valence-corrected chi connectivity index (χ0v) is 16.4. The van der Waals surface area contributed by atoms with Crippen molar-refractivity contribution in [3.63, 3.8) is 0 Å². The molecule has 0 unspecified atom stereocenters. The summed E-state index contributed by atoms with van der Waals surface area (Å²) in [7, 11) is 0. The van der Waals surface area contributed by atoms with Crippen LogP contribution in [0.5, 0.6) is 0 Å². The lowest BCUT2D eigenvalue weighted by molar-refractivity contribution is 0.0963. The van der Waals surface area contributed by atoms with E-state index in [9.17, 15) is 4.79 Å². The van der Waals surface area contributed by atoms with Crippen molar-refractivity contribution in [2.24, 2.45) is 10.7 Å². The SMILES string of the molecule is CCOC(=O)N1CCC(NC(N)=NCc2csc(C(C)(C)C)n2)CC1. The van der Waals surface area contributed by atoms with Crippen LogP contribution in [0.3, 0.4) is 0 Å². The first-order chi connectivity index (χ1) is 11.8. The molecular weight excluding hydrogens is 338 g/mol. The molecule has 0 spiro atoms. The largest absolute Gasteiger partial charge is 0.450 e. The minimum absolute atomic E-state index is 0.0589. The Morgan fingerprint density at radius 3 is 2.72 bits per heavy atom. The van der Waals surface area contributed by atoms with E-state index in [1.54, 1.807) is 16.2 Å². The molecule has 1 aliphatic rings. The quantitative estimate of drug-likeness (QED) is 0.630. The Hall–Kier alpha value is -1.83. The fourth-order valence-corrected chi connectivity index (χ4v) is 3.46.